The van der Waals surface area contributed by atoms with E-state index in [1.54, 1.807) is 6.07 Å². The Morgan fingerprint density at radius 3 is 2.80 bits per heavy atom. The SMILES string of the molecule is CC(C)c1nc(Br)cc(N2CCc3ccc(F)cc32)n1. The quantitative estimate of drug-likeness (QED) is 0.770. The number of nitrogens with zero attached hydrogens (tertiary/aromatic N) is 3. The fraction of sp³-hybridized carbons (Fsp3) is 0.333. The van der Waals surface area contributed by atoms with Crippen molar-refractivity contribution in [3.05, 3.63) is 46.1 Å². The van der Waals surface area contributed by atoms with Gasteiger partial charge in [-0.2, -0.15) is 0 Å². The number of hydrogen-bond donors (Lipinski definition) is 0. The Morgan fingerprint density at radius 2 is 2.05 bits per heavy atom. The van der Waals surface area contributed by atoms with Crippen LogP contribution < -0.4 is 4.90 Å². The topological polar surface area (TPSA) is 29.0 Å². The van der Waals surface area contributed by atoms with Crippen LogP contribution in [0.5, 0.6) is 0 Å². The van der Waals surface area contributed by atoms with E-state index in [1.807, 2.05) is 12.1 Å². The smallest absolute Gasteiger partial charge is 0.137 e. The summed E-state index contributed by atoms with van der Waals surface area (Å²) >= 11 is 3.43. The Hall–Kier alpha value is -1.49. The fourth-order valence-electron chi connectivity index (χ4n) is 2.41. The van der Waals surface area contributed by atoms with Gasteiger partial charge in [-0.1, -0.05) is 19.9 Å². The molecule has 0 unspecified atom stereocenters. The number of benzene rings is 1. The summed E-state index contributed by atoms with van der Waals surface area (Å²) in [6, 6.07) is 6.82. The van der Waals surface area contributed by atoms with Gasteiger partial charge in [0.1, 0.15) is 22.1 Å². The Bertz CT molecular complexity index is 658. The lowest BCUT2D eigenvalue weighted by Crippen LogP contribution is -2.16. The molecule has 0 bridgehead atoms. The van der Waals surface area contributed by atoms with Crippen LogP contribution in [-0.2, 0) is 6.42 Å². The summed E-state index contributed by atoms with van der Waals surface area (Å²) in [5.74, 6) is 1.65. The van der Waals surface area contributed by atoms with Gasteiger partial charge >= 0.3 is 0 Å². The Morgan fingerprint density at radius 1 is 1.25 bits per heavy atom. The first-order chi connectivity index (χ1) is 9.54. The van der Waals surface area contributed by atoms with E-state index in [2.05, 4.69) is 44.6 Å². The van der Waals surface area contributed by atoms with E-state index in [0.717, 1.165) is 40.5 Å². The highest BCUT2D eigenvalue weighted by molar-refractivity contribution is 9.10. The van der Waals surface area contributed by atoms with Gasteiger partial charge in [-0.05, 0) is 40.0 Å². The van der Waals surface area contributed by atoms with Gasteiger partial charge in [-0.3, -0.25) is 0 Å². The first-order valence-electron chi connectivity index (χ1n) is 6.65. The summed E-state index contributed by atoms with van der Waals surface area (Å²) in [6.45, 7) is 4.94. The van der Waals surface area contributed by atoms with Gasteiger partial charge in [-0.25, -0.2) is 14.4 Å². The number of rotatable bonds is 2. The molecule has 1 aromatic carbocycles. The van der Waals surface area contributed by atoms with Crippen LogP contribution >= 0.6 is 15.9 Å². The van der Waals surface area contributed by atoms with Crippen LogP contribution in [0.3, 0.4) is 0 Å². The molecule has 0 radical (unpaired) electrons. The van der Waals surface area contributed by atoms with Crippen molar-refractivity contribution in [1.82, 2.24) is 9.97 Å². The van der Waals surface area contributed by atoms with E-state index in [4.69, 9.17) is 0 Å². The van der Waals surface area contributed by atoms with Gasteiger partial charge in [0.05, 0.1) is 0 Å². The average molecular weight is 336 g/mol. The molecule has 1 aromatic heterocycles. The van der Waals surface area contributed by atoms with Gasteiger partial charge in [-0.15, -0.1) is 0 Å². The molecule has 1 aliphatic rings. The summed E-state index contributed by atoms with van der Waals surface area (Å²) in [5, 5.41) is 0. The second-order valence-corrected chi connectivity index (χ2v) is 6.05. The fourth-order valence-corrected chi connectivity index (χ4v) is 2.80. The summed E-state index contributed by atoms with van der Waals surface area (Å²) in [7, 11) is 0. The van der Waals surface area contributed by atoms with Crippen LogP contribution in [0.1, 0.15) is 31.2 Å². The van der Waals surface area contributed by atoms with Crippen LogP contribution in [0.4, 0.5) is 15.9 Å². The minimum atomic E-state index is -0.215. The maximum atomic E-state index is 13.5. The molecule has 2 aromatic rings. The molecule has 0 amide bonds. The highest BCUT2D eigenvalue weighted by atomic mass is 79.9. The lowest BCUT2D eigenvalue weighted by Gasteiger charge is -2.19. The Kier molecular flexibility index (Phi) is 3.46. The van der Waals surface area contributed by atoms with Crippen molar-refractivity contribution in [2.75, 3.05) is 11.4 Å². The maximum absolute atomic E-state index is 13.5. The lowest BCUT2D eigenvalue weighted by atomic mass is 10.2. The second kappa shape index (κ2) is 5.13. The average Bonchev–Trinajstić information content (AvgIpc) is 2.80. The van der Waals surface area contributed by atoms with E-state index in [0.29, 0.717) is 0 Å². The van der Waals surface area contributed by atoms with Gasteiger partial charge < -0.3 is 4.90 Å². The Labute approximate surface area is 126 Å². The first-order valence-corrected chi connectivity index (χ1v) is 7.44. The van der Waals surface area contributed by atoms with Gasteiger partial charge in [0.2, 0.25) is 0 Å². The van der Waals surface area contributed by atoms with E-state index in [9.17, 15) is 4.39 Å². The van der Waals surface area contributed by atoms with Crippen LogP contribution in [0.2, 0.25) is 0 Å². The van der Waals surface area contributed by atoms with Gasteiger partial charge in [0.15, 0.2) is 0 Å². The molecule has 0 atom stereocenters. The third-order valence-corrected chi connectivity index (χ3v) is 3.84. The molecular weight excluding hydrogens is 321 g/mol. The number of anilines is 2. The van der Waals surface area contributed by atoms with E-state index in [1.165, 1.54) is 6.07 Å². The third-order valence-electron chi connectivity index (χ3n) is 3.43. The number of aromatic nitrogens is 2. The Balaban J connectivity index is 2.06. The summed E-state index contributed by atoms with van der Waals surface area (Å²) in [5.41, 5.74) is 2.07. The van der Waals surface area contributed by atoms with E-state index < -0.39 is 0 Å². The zero-order valence-electron chi connectivity index (χ0n) is 11.4. The molecule has 20 heavy (non-hydrogen) atoms. The van der Waals surface area contributed by atoms with Crippen molar-refractivity contribution in [3.8, 4) is 0 Å². The zero-order valence-corrected chi connectivity index (χ0v) is 13.0. The molecule has 104 valence electrons. The molecule has 3 nitrogen and oxygen atoms in total. The first kappa shape index (κ1) is 13.5. The molecule has 0 N–H and O–H groups in total. The largest absolute Gasteiger partial charge is 0.326 e. The van der Waals surface area contributed by atoms with Crippen LogP contribution in [-0.4, -0.2) is 16.5 Å². The maximum Gasteiger partial charge on any atom is 0.137 e. The molecule has 1 aliphatic heterocycles. The van der Waals surface area contributed by atoms with Crippen molar-refractivity contribution in [2.45, 2.75) is 26.2 Å². The lowest BCUT2D eigenvalue weighted by molar-refractivity contribution is 0.628. The predicted octanol–water partition coefficient (Wildman–Crippen LogP) is 4.20. The zero-order chi connectivity index (χ0) is 14.3. The van der Waals surface area contributed by atoms with Crippen molar-refractivity contribution in [2.24, 2.45) is 0 Å². The van der Waals surface area contributed by atoms with Crippen molar-refractivity contribution in [3.63, 3.8) is 0 Å². The van der Waals surface area contributed by atoms with Gasteiger partial charge in [0, 0.05) is 24.2 Å². The predicted molar refractivity (Wildman–Crippen MR) is 80.9 cm³/mol. The molecular formula is C15H15BrFN3. The monoisotopic (exact) mass is 335 g/mol. The molecule has 0 aliphatic carbocycles. The molecule has 5 heteroatoms. The molecule has 0 fully saturated rings. The highest BCUT2D eigenvalue weighted by Crippen LogP contribution is 2.35. The molecule has 0 saturated heterocycles. The molecule has 2 heterocycles. The number of halogens is 2. The van der Waals surface area contributed by atoms with Crippen LogP contribution in [0.25, 0.3) is 0 Å². The summed E-state index contributed by atoms with van der Waals surface area (Å²) in [4.78, 5) is 11.0. The third kappa shape index (κ3) is 2.42. The molecule has 0 spiro atoms. The molecule has 0 saturated carbocycles. The number of fused-ring (bicyclic) bond motifs is 1. The number of hydrogen-bond acceptors (Lipinski definition) is 3. The standard InChI is InChI=1S/C15H15BrFN3/c1-9(2)15-18-13(16)8-14(19-15)20-6-5-10-3-4-11(17)7-12(10)20/h3-4,7-9H,5-6H2,1-2H3. The molecule has 3 rings (SSSR count). The highest BCUT2D eigenvalue weighted by Gasteiger charge is 2.23. The second-order valence-electron chi connectivity index (χ2n) is 5.24. The van der Waals surface area contributed by atoms with Crippen molar-refractivity contribution in [1.29, 1.82) is 0 Å². The van der Waals surface area contributed by atoms with Crippen molar-refractivity contribution >= 4 is 27.4 Å². The van der Waals surface area contributed by atoms with Crippen molar-refractivity contribution < 1.29 is 4.39 Å². The van der Waals surface area contributed by atoms with E-state index in [-0.39, 0.29) is 11.7 Å². The summed E-state index contributed by atoms with van der Waals surface area (Å²) < 4.78 is 14.2. The van der Waals surface area contributed by atoms with Gasteiger partial charge in [0.25, 0.3) is 0 Å². The minimum Gasteiger partial charge on any atom is -0.326 e. The van der Waals surface area contributed by atoms with E-state index >= 15 is 0 Å². The normalized spacial score (nSPS) is 13.9. The van der Waals surface area contributed by atoms with Crippen LogP contribution in [0.15, 0.2) is 28.9 Å². The van der Waals surface area contributed by atoms with Crippen LogP contribution in [0, 0.1) is 5.82 Å². The summed E-state index contributed by atoms with van der Waals surface area (Å²) in [6.07, 6.45) is 0.911. The minimum absolute atomic E-state index is 0.215.